The van der Waals surface area contributed by atoms with E-state index in [1.165, 1.54) is 32.2 Å². The van der Waals surface area contributed by atoms with Gasteiger partial charge in [-0.1, -0.05) is 12.5 Å². The molecule has 1 aromatic rings. The van der Waals surface area contributed by atoms with Crippen LogP contribution in [0.15, 0.2) is 18.2 Å². The molecule has 3 aliphatic heterocycles. The van der Waals surface area contributed by atoms with E-state index in [1.54, 1.807) is 19.0 Å². The molecule has 1 amide bonds. The maximum absolute atomic E-state index is 12.4. The standard InChI is InChI=1S/C22H35N5O/c1-24(2)15-20-17-12-16(19-9-5-6-11-27(19)20)13-26(14-17)21-10-7-8-18(23-21)22(28)25(3)4/h7-8,10,16-17,19-20H,5-6,9,11-15H2,1-4H3/t16-,17+,19+,20+/m1/s1. The fraction of sp³-hybridized carbons (Fsp3) is 0.727. The second kappa shape index (κ2) is 7.99. The van der Waals surface area contributed by atoms with Gasteiger partial charge in [-0.3, -0.25) is 9.69 Å². The molecular formula is C22H35N5O. The maximum Gasteiger partial charge on any atom is 0.272 e. The number of likely N-dealkylation sites (N-methyl/N-ethyl adjacent to an activating group) is 1. The summed E-state index contributed by atoms with van der Waals surface area (Å²) in [4.78, 5) is 26.4. The molecule has 4 rings (SSSR count). The average Bonchev–Trinajstić information content (AvgIpc) is 2.70. The molecule has 4 atom stereocenters. The van der Waals surface area contributed by atoms with Crippen LogP contribution in [0.3, 0.4) is 0 Å². The van der Waals surface area contributed by atoms with Crippen molar-refractivity contribution in [3.63, 3.8) is 0 Å². The van der Waals surface area contributed by atoms with Gasteiger partial charge in [0.2, 0.25) is 0 Å². The molecule has 3 aliphatic rings. The molecule has 6 nitrogen and oxygen atoms in total. The summed E-state index contributed by atoms with van der Waals surface area (Å²) in [6.07, 6.45) is 5.39. The Morgan fingerprint density at radius 1 is 1.14 bits per heavy atom. The summed E-state index contributed by atoms with van der Waals surface area (Å²) < 4.78 is 0. The third-order valence-electron chi connectivity index (χ3n) is 6.86. The highest BCUT2D eigenvalue weighted by atomic mass is 16.2. The summed E-state index contributed by atoms with van der Waals surface area (Å²) in [6.45, 7) is 4.51. The van der Waals surface area contributed by atoms with E-state index in [9.17, 15) is 4.79 Å². The van der Waals surface area contributed by atoms with Gasteiger partial charge in [-0.05, 0) is 63.9 Å². The van der Waals surface area contributed by atoms with Crippen LogP contribution in [0.1, 0.15) is 36.2 Å². The second-order valence-corrected chi connectivity index (χ2v) is 9.37. The highest BCUT2D eigenvalue weighted by Crippen LogP contribution is 2.42. The van der Waals surface area contributed by atoms with Crippen molar-refractivity contribution in [2.75, 3.05) is 59.3 Å². The largest absolute Gasteiger partial charge is 0.356 e. The zero-order valence-corrected chi connectivity index (χ0v) is 17.8. The number of hydrogen-bond donors (Lipinski definition) is 0. The molecule has 0 saturated carbocycles. The van der Waals surface area contributed by atoms with Gasteiger partial charge in [-0.25, -0.2) is 4.98 Å². The van der Waals surface area contributed by atoms with Gasteiger partial charge < -0.3 is 14.7 Å². The molecule has 3 saturated heterocycles. The van der Waals surface area contributed by atoms with Crippen LogP contribution in [0.5, 0.6) is 0 Å². The van der Waals surface area contributed by atoms with Crippen LogP contribution in [-0.2, 0) is 0 Å². The van der Waals surface area contributed by atoms with E-state index in [4.69, 9.17) is 4.98 Å². The Bertz CT molecular complexity index is 706. The maximum atomic E-state index is 12.4. The zero-order chi connectivity index (χ0) is 19.8. The number of pyridine rings is 1. The van der Waals surface area contributed by atoms with Crippen LogP contribution < -0.4 is 4.90 Å². The Hall–Kier alpha value is -1.66. The first-order chi connectivity index (χ1) is 13.4. The number of carbonyl (C=O) groups is 1. The van der Waals surface area contributed by atoms with Gasteiger partial charge >= 0.3 is 0 Å². The average molecular weight is 386 g/mol. The number of piperidine rings is 3. The number of carbonyl (C=O) groups excluding carboxylic acids is 1. The molecule has 0 radical (unpaired) electrons. The number of fused-ring (bicyclic) bond motifs is 4. The van der Waals surface area contributed by atoms with Gasteiger partial charge in [0.25, 0.3) is 5.91 Å². The molecule has 1 aromatic heterocycles. The molecule has 0 aromatic carbocycles. The fourth-order valence-electron chi connectivity index (χ4n) is 5.67. The Balaban J connectivity index is 1.59. The Kier molecular flexibility index (Phi) is 5.61. The molecule has 2 bridgehead atoms. The molecule has 0 N–H and O–H groups in total. The van der Waals surface area contributed by atoms with Gasteiger partial charge in [0.15, 0.2) is 0 Å². The van der Waals surface area contributed by atoms with E-state index in [1.807, 2.05) is 12.1 Å². The van der Waals surface area contributed by atoms with E-state index >= 15 is 0 Å². The third kappa shape index (κ3) is 3.77. The number of aromatic nitrogens is 1. The van der Waals surface area contributed by atoms with E-state index in [0.29, 0.717) is 29.6 Å². The number of hydrogen-bond acceptors (Lipinski definition) is 5. The van der Waals surface area contributed by atoms with Crippen molar-refractivity contribution >= 4 is 11.7 Å². The van der Waals surface area contributed by atoms with Crippen LogP contribution in [0.2, 0.25) is 0 Å². The van der Waals surface area contributed by atoms with E-state index in [0.717, 1.165) is 25.5 Å². The highest BCUT2D eigenvalue weighted by molar-refractivity contribution is 5.92. The molecule has 0 spiro atoms. The molecule has 0 unspecified atom stereocenters. The third-order valence-corrected chi connectivity index (χ3v) is 6.86. The van der Waals surface area contributed by atoms with Crippen molar-refractivity contribution in [2.24, 2.45) is 11.8 Å². The first-order valence-electron chi connectivity index (χ1n) is 10.8. The summed E-state index contributed by atoms with van der Waals surface area (Å²) in [5.74, 6) is 2.33. The Morgan fingerprint density at radius 2 is 1.93 bits per heavy atom. The molecular weight excluding hydrogens is 350 g/mol. The quantitative estimate of drug-likeness (QED) is 0.793. The molecule has 0 aliphatic carbocycles. The van der Waals surface area contributed by atoms with Crippen LogP contribution in [-0.4, -0.2) is 92.0 Å². The van der Waals surface area contributed by atoms with Gasteiger partial charge in [-0.2, -0.15) is 0 Å². The number of rotatable bonds is 4. The Morgan fingerprint density at radius 3 is 2.68 bits per heavy atom. The lowest BCUT2D eigenvalue weighted by Gasteiger charge is -2.57. The summed E-state index contributed by atoms with van der Waals surface area (Å²) in [6, 6.07) is 7.23. The zero-order valence-electron chi connectivity index (χ0n) is 17.8. The first-order valence-corrected chi connectivity index (χ1v) is 10.8. The number of amides is 1. The smallest absolute Gasteiger partial charge is 0.272 e. The molecule has 4 heterocycles. The van der Waals surface area contributed by atoms with Crippen LogP contribution in [0.4, 0.5) is 5.82 Å². The predicted octanol–water partition coefficient (Wildman–Crippen LogP) is 2.02. The topological polar surface area (TPSA) is 42.9 Å². The van der Waals surface area contributed by atoms with Crippen LogP contribution in [0, 0.1) is 11.8 Å². The molecule has 3 fully saturated rings. The van der Waals surface area contributed by atoms with Crippen molar-refractivity contribution in [3.8, 4) is 0 Å². The van der Waals surface area contributed by atoms with Crippen LogP contribution in [0.25, 0.3) is 0 Å². The van der Waals surface area contributed by atoms with Crippen LogP contribution >= 0.6 is 0 Å². The number of nitrogens with zero attached hydrogens (tertiary/aromatic N) is 5. The van der Waals surface area contributed by atoms with E-state index in [-0.39, 0.29) is 5.91 Å². The van der Waals surface area contributed by atoms with Gasteiger partial charge in [0.1, 0.15) is 11.5 Å². The Labute approximate surface area is 169 Å². The highest BCUT2D eigenvalue weighted by Gasteiger charge is 2.47. The van der Waals surface area contributed by atoms with Gasteiger partial charge in [-0.15, -0.1) is 0 Å². The molecule has 28 heavy (non-hydrogen) atoms. The lowest BCUT2D eigenvalue weighted by Crippen LogP contribution is -2.65. The molecule has 154 valence electrons. The van der Waals surface area contributed by atoms with Crippen molar-refractivity contribution in [1.82, 2.24) is 19.7 Å². The summed E-state index contributed by atoms with van der Waals surface area (Å²) >= 11 is 0. The summed E-state index contributed by atoms with van der Waals surface area (Å²) in [5.41, 5.74) is 0.544. The monoisotopic (exact) mass is 385 g/mol. The fourth-order valence-corrected chi connectivity index (χ4v) is 5.67. The normalized spacial score (nSPS) is 30.2. The summed E-state index contributed by atoms with van der Waals surface area (Å²) in [7, 11) is 7.96. The minimum Gasteiger partial charge on any atom is -0.356 e. The minimum atomic E-state index is -0.0250. The first kappa shape index (κ1) is 19.6. The molecule has 6 heteroatoms. The lowest BCUT2D eigenvalue weighted by molar-refractivity contribution is -0.0400. The van der Waals surface area contributed by atoms with Crippen molar-refractivity contribution in [1.29, 1.82) is 0 Å². The van der Waals surface area contributed by atoms with Crippen molar-refractivity contribution < 1.29 is 4.79 Å². The number of anilines is 1. The van der Waals surface area contributed by atoms with Crippen molar-refractivity contribution in [3.05, 3.63) is 23.9 Å². The lowest BCUT2D eigenvalue weighted by atomic mass is 9.72. The minimum absolute atomic E-state index is 0.0250. The SMILES string of the molecule is CN(C)C[C@H]1[C@H]2C[C@H](CN(c3cccc(C(=O)N(C)C)n3)C2)[C@@H]2CCCCN21. The van der Waals surface area contributed by atoms with Gasteiger partial charge in [0.05, 0.1) is 0 Å². The van der Waals surface area contributed by atoms with Crippen molar-refractivity contribution in [2.45, 2.75) is 37.8 Å². The second-order valence-electron chi connectivity index (χ2n) is 9.37. The van der Waals surface area contributed by atoms with E-state index in [2.05, 4.69) is 34.9 Å². The van der Waals surface area contributed by atoms with E-state index < -0.39 is 0 Å². The van der Waals surface area contributed by atoms with Gasteiger partial charge in [0, 0.05) is 45.8 Å². The predicted molar refractivity (Wildman–Crippen MR) is 113 cm³/mol. The summed E-state index contributed by atoms with van der Waals surface area (Å²) in [5, 5.41) is 0.